The SMILES string of the molecule is c1ccc(N(c2ccccc2)c2ccc3c(c2)N(c2ccccc2)c2cc(C4CCCCC4)cc4c2B3c2sc3ccccc3c2-4)cc1. The summed E-state index contributed by atoms with van der Waals surface area (Å²) in [6.45, 7) is 0.216. The number of fused-ring (bicyclic) bond motifs is 7. The Hall–Kier alpha value is -5.06. The lowest BCUT2D eigenvalue weighted by molar-refractivity contribution is 0.444. The number of anilines is 6. The van der Waals surface area contributed by atoms with E-state index in [2.05, 4.69) is 155 Å². The van der Waals surface area contributed by atoms with Crippen LogP contribution in [0.1, 0.15) is 43.6 Å². The molecule has 0 bridgehead atoms. The molecule has 1 aliphatic carbocycles. The third-order valence-electron chi connectivity index (χ3n) is 10.8. The number of nitrogens with zero attached hydrogens (tertiary/aromatic N) is 2. The van der Waals surface area contributed by atoms with E-state index in [1.54, 1.807) is 0 Å². The fraction of sp³-hybridized carbons (Fsp3) is 0.136. The number of hydrogen-bond donors (Lipinski definition) is 0. The Kier molecular flexibility index (Phi) is 6.58. The molecule has 0 N–H and O–H groups in total. The van der Waals surface area contributed by atoms with Gasteiger partial charge in [-0.2, -0.15) is 0 Å². The van der Waals surface area contributed by atoms with Crippen molar-refractivity contribution in [3.63, 3.8) is 0 Å². The minimum atomic E-state index is 0.216. The fourth-order valence-corrected chi connectivity index (χ4v) is 10.0. The Labute approximate surface area is 287 Å². The van der Waals surface area contributed by atoms with Gasteiger partial charge in [0.25, 0.3) is 6.71 Å². The van der Waals surface area contributed by atoms with E-state index in [0.717, 1.165) is 17.1 Å². The molecule has 3 heterocycles. The summed E-state index contributed by atoms with van der Waals surface area (Å²) in [6, 6.07) is 54.1. The van der Waals surface area contributed by atoms with Crippen LogP contribution in [0, 0.1) is 0 Å². The second-order valence-corrected chi connectivity index (χ2v) is 14.6. The van der Waals surface area contributed by atoms with Crippen LogP contribution in [-0.2, 0) is 0 Å². The molecule has 48 heavy (non-hydrogen) atoms. The molecule has 4 heteroatoms. The smallest absolute Gasteiger partial charge is 0.260 e. The molecule has 230 valence electrons. The second-order valence-electron chi connectivity index (χ2n) is 13.5. The molecule has 1 saturated carbocycles. The topological polar surface area (TPSA) is 6.48 Å². The standard InChI is InChI=1S/C44H35BN2S/c1-5-15-30(16-6-1)31-27-37-42-36-23-13-14-24-41(36)48-44(42)45-38-26-25-35(46(32-17-7-2-8-18-32)33-19-9-3-10-20-33)29-39(38)47(40(28-31)43(37)45)34-21-11-4-12-22-34/h2-4,7-14,17-30H,1,5-6,15-16H2. The van der Waals surface area contributed by atoms with Crippen LogP contribution in [0.25, 0.3) is 21.2 Å². The quantitative estimate of drug-likeness (QED) is 0.174. The van der Waals surface area contributed by atoms with Gasteiger partial charge in [-0.25, -0.2) is 0 Å². The molecular formula is C44H35BN2S. The Bertz CT molecular complexity index is 2250. The van der Waals surface area contributed by atoms with Crippen molar-refractivity contribution < 1.29 is 0 Å². The van der Waals surface area contributed by atoms with Crippen molar-refractivity contribution in [2.45, 2.75) is 38.0 Å². The summed E-state index contributed by atoms with van der Waals surface area (Å²) in [5.74, 6) is 0.615. The maximum Gasteiger partial charge on any atom is 0.260 e. The molecule has 0 atom stereocenters. The summed E-state index contributed by atoms with van der Waals surface area (Å²) >= 11 is 2.00. The predicted octanol–water partition coefficient (Wildman–Crippen LogP) is 10.7. The van der Waals surface area contributed by atoms with Crippen molar-refractivity contribution in [1.29, 1.82) is 0 Å². The van der Waals surface area contributed by atoms with Crippen LogP contribution in [0.5, 0.6) is 0 Å². The number of hydrogen-bond acceptors (Lipinski definition) is 3. The molecule has 0 radical (unpaired) electrons. The summed E-state index contributed by atoms with van der Waals surface area (Å²) in [6.07, 6.45) is 6.59. The Balaban J connectivity index is 1.26. The van der Waals surface area contributed by atoms with E-state index in [1.165, 1.54) is 91.6 Å². The van der Waals surface area contributed by atoms with Crippen LogP contribution in [0.2, 0.25) is 0 Å². The highest BCUT2D eigenvalue weighted by molar-refractivity contribution is 7.34. The molecular weight excluding hydrogens is 599 g/mol. The lowest BCUT2D eigenvalue weighted by atomic mass is 9.39. The van der Waals surface area contributed by atoms with Crippen LogP contribution < -0.4 is 25.5 Å². The van der Waals surface area contributed by atoms with Gasteiger partial charge in [0.05, 0.1) is 0 Å². The molecule has 0 unspecified atom stereocenters. The summed E-state index contributed by atoms with van der Waals surface area (Å²) in [7, 11) is 0. The van der Waals surface area contributed by atoms with Gasteiger partial charge >= 0.3 is 0 Å². The zero-order chi connectivity index (χ0) is 31.6. The first kappa shape index (κ1) is 28.0. The van der Waals surface area contributed by atoms with Crippen molar-refractivity contribution in [1.82, 2.24) is 0 Å². The monoisotopic (exact) mass is 634 g/mol. The van der Waals surface area contributed by atoms with E-state index >= 15 is 0 Å². The lowest BCUT2D eigenvalue weighted by Crippen LogP contribution is -2.54. The van der Waals surface area contributed by atoms with Crippen molar-refractivity contribution in [3.05, 3.63) is 151 Å². The zero-order valence-corrected chi connectivity index (χ0v) is 27.7. The van der Waals surface area contributed by atoms with E-state index in [-0.39, 0.29) is 6.71 Å². The minimum absolute atomic E-state index is 0.216. The lowest BCUT2D eigenvalue weighted by Gasteiger charge is -2.38. The van der Waals surface area contributed by atoms with Gasteiger partial charge in [0.15, 0.2) is 0 Å². The molecule has 6 aromatic carbocycles. The van der Waals surface area contributed by atoms with Gasteiger partial charge in [-0.1, -0.05) is 104 Å². The van der Waals surface area contributed by atoms with Gasteiger partial charge in [0, 0.05) is 38.8 Å². The normalized spacial score (nSPS) is 14.9. The number of thiophene rings is 1. The highest BCUT2D eigenvalue weighted by atomic mass is 32.1. The third-order valence-corrected chi connectivity index (χ3v) is 12.0. The van der Waals surface area contributed by atoms with Crippen LogP contribution >= 0.6 is 11.3 Å². The third kappa shape index (κ3) is 4.32. The highest BCUT2D eigenvalue weighted by Crippen LogP contribution is 2.48. The summed E-state index contributed by atoms with van der Waals surface area (Å²) in [5, 5.41) is 1.40. The zero-order valence-electron chi connectivity index (χ0n) is 26.8. The minimum Gasteiger partial charge on any atom is -0.311 e. The van der Waals surface area contributed by atoms with E-state index < -0.39 is 0 Å². The summed E-state index contributed by atoms with van der Waals surface area (Å²) in [5.41, 5.74) is 14.6. The molecule has 2 nitrogen and oxygen atoms in total. The molecule has 2 aliphatic heterocycles. The maximum absolute atomic E-state index is 2.60. The molecule has 0 spiro atoms. The molecule has 1 fully saturated rings. The molecule has 3 aliphatic rings. The largest absolute Gasteiger partial charge is 0.311 e. The van der Waals surface area contributed by atoms with Gasteiger partial charge in [-0.3, -0.25) is 0 Å². The van der Waals surface area contributed by atoms with E-state index in [4.69, 9.17) is 0 Å². The summed E-state index contributed by atoms with van der Waals surface area (Å²) < 4.78 is 2.89. The molecule has 10 rings (SSSR count). The van der Waals surface area contributed by atoms with Crippen molar-refractivity contribution in [3.8, 4) is 11.1 Å². The van der Waals surface area contributed by atoms with Crippen molar-refractivity contribution in [2.24, 2.45) is 0 Å². The molecule has 1 aromatic heterocycles. The average molecular weight is 635 g/mol. The van der Waals surface area contributed by atoms with Gasteiger partial charge in [0.2, 0.25) is 0 Å². The number of benzene rings is 6. The Morgan fingerprint density at radius 2 is 1.27 bits per heavy atom. The fourth-order valence-electron chi connectivity index (χ4n) is 8.70. The van der Waals surface area contributed by atoms with Crippen LogP contribution in [0.3, 0.4) is 0 Å². The number of rotatable bonds is 5. The first-order valence-corrected chi connectivity index (χ1v) is 18.2. The first-order chi connectivity index (χ1) is 23.8. The first-order valence-electron chi connectivity index (χ1n) is 17.4. The van der Waals surface area contributed by atoms with Gasteiger partial charge in [-0.05, 0) is 117 Å². The second kappa shape index (κ2) is 11.3. The maximum atomic E-state index is 2.60. The molecule has 0 saturated heterocycles. The van der Waals surface area contributed by atoms with Crippen molar-refractivity contribution in [2.75, 3.05) is 9.80 Å². The van der Waals surface area contributed by atoms with Crippen LogP contribution in [0.4, 0.5) is 34.1 Å². The van der Waals surface area contributed by atoms with Crippen LogP contribution in [-0.4, -0.2) is 6.71 Å². The Morgan fingerprint density at radius 1 is 0.604 bits per heavy atom. The molecule has 7 aromatic rings. The summed E-state index contributed by atoms with van der Waals surface area (Å²) in [4.78, 5) is 4.97. The van der Waals surface area contributed by atoms with E-state index in [9.17, 15) is 0 Å². The van der Waals surface area contributed by atoms with Gasteiger partial charge in [-0.15, -0.1) is 11.3 Å². The van der Waals surface area contributed by atoms with Crippen molar-refractivity contribution >= 4 is 78.0 Å². The van der Waals surface area contributed by atoms with Gasteiger partial charge < -0.3 is 9.80 Å². The number of para-hydroxylation sites is 3. The Morgan fingerprint density at radius 3 is 2.00 bits per heavy atom. The van der Waals surface area contributed by atoms with E-state index in [0.29, 0.717) is 5.92 Å². The predicted molar refractivity (Wildman–Crippen MR) is 207 cm³/mol. The molecule has 0 amide bonds. The van der Waals surface area contributed by atoms with E-state index in [1.807, 2.05) is 11.3 Å². The highest BCUT2D eigenvalue weighted by Gasteiger charge is 2.45. The van der Waals surface area contributed by atoms with Gasteiger partial charge in [0.1, 0.15) is 0 Å². The van der Waals surface area contributed by atoms with Crippen LogP contribution in [0.15, 0.2) is 146 Å². The average Bonchev–Trinajstić information content (AvgIpc) is 3.69.